The van der Waals surface area contributed by atoms with Crippen LogP contribution in [0.3, 0.4) is 0 Å². The average molecular weight is 729 g/mol. The molecular formula is C37H46IrNO2-. The van der Waals surface area contributed by atoms with Gasteiger partial charge in [-0.25, -0.2) is 0 Å². The van der Waals surface area contributed by atoms with Gasteiger partial charge in [-0.1, -0.05) is 106 Å². The number of aliphatic hydroxyl groups is 1. The first-order valence-corrected chi connectivity index (χ1v) is 14.3. The molecule has 4 aromatic rings. The van der Waals surface area contributed by atoms with Crippen molar-refractivity contribution in [2.45, 2.75) is 88.0 Å². The average Bonchev–Trinajstić information content (AvgIpc) is 2.90. The normalized spacial score (nSPS) is 12.6. The van der Waals surface area contributed by atoms with Crippen molar-refractivity contribution in [2.75, 3.05) is 0 Å². The quantitative estimate of drug-likeness (QED) is 0.0985. The molecule has 0 unspecified atom stereocenters. The number of rotatable bonds is 4. The van der Waals surface area contributed by atoms with E-state index in [2.05, 4.69) is 88.4 Å². The Labute approximate surface area is 260 Å². The molecule has 4 heteroatoms. The summed E-state index contributed by atoms with van der Waals surface area (Å²) >= 11 is 0. The Bertz CT molecular complexity index is 1520. The van der Waals surface area contributed by atoms with Crippen molar-refractivity contribution >= 4 is 27.3 Å². The first kappa shape index (κ1) is 34.4. The molecule has 0 amide bonds. The van der Waals surface area contributed by atoms with Gasteiger partial charge in [-0.15, -0.1) is 34.9 Å². The molecular weight excluding hydrogens is 683 g/mol. The molecule has 0 aliphatic heterocycles. The smallest absolute Gasteiger partial charge is 0.167 e. The largest absolute Gasteiger partial charge is 0.511 e. The maximum atomic E-state index is 11.8. The van der Waals surface area contributed by atoms with Crippen LogP contribution in [-0.2, 0) is 24.9 Å². The van der Waals surface area contributed by atoms with E-state index in [0.717, 1.165) is 11.3 Å². The Morgan fingerprint density at radius 1 is 0.805 bits per heavy atom. The molecule has 3 aromatic carbocycles. The Morgan fingerprint density at radius 2 is 1.44 bits per heavy atom. The summed E-state index contributed by atoms with van der Waals surface area (Å²) in [5.41, 5.74) is 4.42. The Kier molecular flexibility index (Phi) is 11.3. The molecule has 1 radical (unpaired) electrons. The molecule has 221 valence electrons. The molecule has 0 spiro atoms. The van der Waals surface area contributed by atoms with Crippen molar-refractivity contribution in [3.8, 4) is 11.3 Å². The van der Waals surface area contributed by atoms with Gasteiger partial charge in [0.1, 0.15) is 5.76 Å². The van der Waals surface area contributed by atoms with Crippen molar-refractivity contribution in [2.24, 2.45) is 10.8 Å². The van der Waals surface area contributed by atoms with Gasteiger partial charge in [0, 0.05) is 42.7 Å². The molecule has 1 aromatic heterocycles. The summed E-state index contributed by atoms with van der Waals surface area (Å²) in [5.74, 6) is 1.13. The summed E-state index contributed by atoms with van der Waals surface area (Å²) in [7, 11) is 0. The number of aromatic nitrogens is 1. The third kappa shape index (κ3) is 8.15. The van der Waals surface area contributed by atoms with Gasteiger partial charge < -0.3 is 10.1 Å². The molecule has 1 heterocycles. The van der Waals surface area contributed by atoms with Crippen LogP contribution < -0.4 is 0 Å². The second-order valence-corrected chi connectivity index (χ2v) is 13.4. The molecule has 0 saturated carbocycles. The molecule has 0 bridgehead atoms. The second-order valence-electron chi connectivity index (χ2n) is 13.4. The summed E-state index contributed by atoms with van der Waals surface area (Å²) in [6, 6.07) is 23.2. The molecule has 41 heavy (non-hydrogen) atoms. The van der Waals surface area contributed by atoms with Crippen molar-refractivity contribution < 1.29 is 30.0 Å². The van der Waals surface area contributed by atoms with E-state index < -0.39 is 5.41 Å². The SMILES string of the molecule is C/C(C(=O)C(C)(C)C)=C(/O)C(C)(C)C.CC(C)c1[c-]c(-c2nccc3c2ccc2ccccc23)cc(C(C)C)c1.[Ir]. The van der Waals surface area contributed by atoms with E-state index in [0.29, 0.717) is 17.4 Å². The van der Waals surface area contributed by atoms with E-state index in [1.165, 1.54) is 32.7 Å². The fourth-order valence-corrected chi connectivity index (χ4v) is 4.77. The van der Waals surface area contributed by atoms with Gasteiger partial charge in [-0.3, -0.25) is 4.79 Å². The number of carbonyl (C=O) groups is 1. The zero-order valence-electron chi connectivity index (χ0n) is 26.6. The molecule has 0 saturated heterocycles. The van der Waals surface area contributed by atoms with Gasteiger partial charge in [0.2, 0.25) is 0 Å². The van der Waals surface area contributed by atoms with Gasteiger partial charge in [-0.05, 0) is 52.1 Å². The van der Waals surface area contributed by atoms with E-state index in [-0.39, 0.29) is 37.1 Å². The van der Waals surface area contributed by atoms with Gasteiger partial charge >= 0.3 is 0 Å². The minimum atomic E-state index is -0.427. The van der Waals surface area contributed by atoms with Gasteiger partial charge in [-0.2, -0.15) is 0 Å². The summed E-state index contributed by atoms with van der Waals surface area (Å²) in [6.07, 6.45) is 1.93. The number of pyridine rings is 1. The number of hydrogen-bond acceptors (Lipinski definition) is 3. The van der Waals surface area contributed by atoms with Crippen LogP contribution >= 0.6 is 0 Å². The number of benzene rings is 3. The fourth-order valence-electron chi connectivity index (χ4n) is 4.77. The predicted octanol–water partition coefficient (Wildman–Crippen LogP) is 10.6. The number of aliphatic hydroxyl groups excluding tert-OH is 1. The molecule has 0 aliphatic carbocycles. The summed E-state index contributed by atoms with van der Waals surface area (Å²) in [5, 5.41) is 14.8. The van der Waals surface area contributed by atoms with Crippen LogP contribution in [0.5, 0.6) is 0 Å². The van der Waals surface area contributed by atoms with Gasteiger partial charge in [0.15, 0.2) is 5.78 Å². The van der Waals surface area contributed by atoms with Crippen LogP contribution in [-0.4, -0.2) is 15.9 Å². The zero-order valence-corrected chi connectivity index (χ0v) is 29.0. The molecule has 3 nitrogen and oxygen atoms in total. The van der Waals surface area contributed by atoms with Crippen molar-refractivity contribution in [3.05, 3.63) is 89.3 Å². The van der Waals surface area contributed by atoms with Gasteiger partial charge in [0.05, 0.1) is 0 Å². The summed E-state index contributed by atoms with van der Waals surface area (Å²) in [4.78, 5) is 16.6. The first-order valence-electron chi connectivity index (χ1n) is 14.3. The first-order chi connectivity index (χ1) is 18.5. The Balaban J connectivity index is 0.000000338. The van der Waals surface area contributed by atoms with E-state index in [4.69, 9.17) is 4.98 Å². The number of hydrogen-bond donors (Lipinski definition) is 1. The van der Waals surface area contributed by atoms with Crippen LogP contribution in [0.2, 0.25) is 0 Å². The summed E-state index contributed by atoms with van der Waals surface area (Å²) in [6.45, 7) is 21.9. The summed E-state index contributed by atoms with van der Waals surface area (Å²) < 4.78 is 0. The third-order valence-electron chi connectivity index (χ3n) is 7.21. The topological polar surface area (TPSA) is 50.2 Å². The molecule has 0 fully saturated rings. The van der Waals surface area contributed by atoms with E-state index >= 15 is 0 Å². The van der Waals surface area contributed by atoms with E-state index in [1.54, 1.807) is 6.92 Å². The number of carbonyl (C=O) groups excluding carboxylic acids is 1. The van der Waals surface area contributed by atoms with Crippen molar-refractivity contribution in [1.29, 1.82) is 0 Å². The van der Waals surface area contributed by atoms with Gasteiger partial charge in [0.25, 0.3) is 0 Å². The number of ketones is 1. The molecule has 0 atom stereocenters. The minimum Gasteiger partial charge on any atom is -0.511 e. The van der Waals surface area contributed by atoms with Crippen LogP contribution in [0.1, 0.15) is 99.1 Å². The zero-order chi connectivity index (χ0) is 30.0. The minimum absolute atomic E-state index is 0. The second kappa shape index (κ2) is 13.4. The Hall–Kier alpha value is -2.81. The van der Waals surface area contributed by atoms with Crippen LogP contribution in [0, 0.1) is 16.9 Å². The third-order valence-corrected chi connectivity index (χ3v) is 7.21. The van der Waals surface area contributed by atoms with Crippen LogP contribution in [0.25, 0.3) is 32.8 Å². The number of nitrogens with zero attached hydrogens (tertiary/aromatic N) is 1. The monoisotopic (exact) mass is 729 g/mol. The van der Waals surface area contributed by atoms with Crippen molar-refractivity contribution in [3.63, 3.8) is 0 Å². The standard InChI is InChI=1S/C25H24N.C12H22O2.Ir/c1-16(2)19-13-20(17(3)4)15-21(14-19)25-24-10-9-18-7-5-6-8-22(18)23(24)11-12-26-25;1-8(9(13)11(2,3)4)10(14)12(5,6)7;/h5-14,16-17H,1-4H3;13H,1-7H3;/q-1;;/b;9-8-;. The molecule has 1 N–H and O–H groups in total. The number of Topliss-reactive ketones (excluding diaryl/α,β-unsaturated/α-hetero) is 1. The maximum absolute atomic E-state index is 11.8. The Morgan fingerprint density at radius 3 is 2.00 bits per heavy atom. The number of fused-ring (bicyclic) bond motifs is 3. The van der Waals surface area contributed by atoms with Crippen molar-refractivity contribution in [1.82, 2.24) is 4.98 Å². The molecule has 0 aliphatic rings. The maximum Gasteiger partial charge on any atom is 0.167 e. The van der Waals surface area contributed by atoms with Crippen LogP contribution in [0.4, 0.5) is 0 Å². The van der Waals surface area contributed by atoms with Crippen LogP contribution in [0.15, 0.2) is 72.1 Å². The van der Waals surface area contributed by atoms with E-state index in [1.807, 2.05) is 47.7 Å². The predicted molar refractivity (Wildman–Crippen MR) is 171 cm³/mol. The van der Waals surface area contributed by atoms with E-state index in [9.17, 15) is 9.90 Å². The number of allylic oxidation sites excluding steroid dienone is 2. The fraction of sp³-hybridized carbons (Fsp3) is 0.405. The molecule has 4 rings (SSSR count).